The van der Waals surface area contributed by atoms with Crippen molar-refractivity contribution in [1.29, 1.82) is 0 Å². The van der Waals surface area contributed by atoms with Crippen LogP contribution in [0.4, 0.5) is 0 Å². The van der Waals surface area contributed by atoms with Crippen LogP contribution in [0.3, 0.4) is 0 Å². The molecule has 5 heteroatoms. The van der Waals surface area contributed by atoms with Gasteiger partial charge in [0.1, 0.15) is 0 Å². The van der Waals surface area contributed by atoms with Crippen molar-refractivity contribution in [2.45, 2.75) is 37.5 Å². The lowest BCUT2D eigenvalue weighted by Gasteiger charge is -2.26. The maximum Gasteiger partial charge on any atom is 0.438 e. The maximum absolute atomic E-state index is 11.0. The lowest BCUT2D eigenvalue weighted by atomic mass is 9.80. The van der Waals surface area contributed by atoms with Crippen molar-refractivity contribution in [3.63, 3.8) is 0 Å². The molecule has 0 spiro atoms. The molecule has 0 aromatic carbocycles. The van der Waals surface area contributed by atoms with Gasteiger partial charge in [-0.3, -0.25) is 9.51 Å². The SMILES string of the molecule is NCC1(c2noc(=O)[nH]2)CC1CC1CCC1. The highest BCUT2D eigenvalue weighted by Crippen LogP contribution is 2.56. The molecule has 0 aliphatic heterocycles. The van der Waals surface area contributed by atoms with E-state index in [0.29, 0.717) is 18.3 Å². The van der Waals surface area contributed by atoms with Crippen LogP contribution in [0.15, 0.2) is 9.32 Å². The Hall–Kier alpha value is -1.10. The summed E-state index contributed by atoms with van der Waals surface area (Å²) in [4.78, 5) is 13.6. The molecule has 88 valence electrons. The third-order valence-corrected chi connectivity index (χ3v) is 4.35. The number of nitrogens with one attached hydrogen (secondary N) is 1. The van der Waals surface area contributed by atoms with Gasteiger partial charge in [-0.1, -0.05) is 24.4 Å². The lowest BCUT2D eigenvalue weighted by Crippen LogP contribution is -2.26. The van der Waals surface area contributed by atoms with Gasteiger partial charge in [0.15, 0.2) is 5.82 Å². The maximum atomic E-state index is 11.0. The molecule has 1 aromatic rings. The van der Waals surface area contributed by atoms with Crippen molar-refractivity contribution >= 4 is 0 Å². The summed E-state index contributed by atoms with van der Waals surface area (Å²) in [5.74, 6) is 1.64. The first-order chi connectivity index (χ1) is 7.74. The van der Waals surface area contributed by atoms with Crippen LogP contribution in [-0.4, -0.2) is 16.7 Å². The predicted molar refractivity (Wildman–Crippen MR) is 57.9 cm³/mol. The van der Waals surface area contributed by atoms with Crippen molar-refractivity contribution in [2.24, 2.45) is 17.6 Å². The van der Waals surface area contributed by atoms with Crippen LogP contribution in [0.5, 0.6) is 0 Å². The summed E-state index contributed by atoms with van der Waals surface area (Å²) < 4.78 is 4.57. The van der Waals surface area contributed by atoms with Gasteiger partial charge in [-0.15, -0.1) is 0 Å². The third kappa shape index (κ3) is 1.42. The third-order valence-electron chi connectivity index (χ3n) is 4.35. The minimum absolute atomic E-state index is 0.0955. The zero-order valence-electron chi connectivity index (χ0n) is 9.24. The number of hydrogen-bond acceptors (Lipinski definition) is 4. The Balaban J connectivity index is 1.73. The van der Waals surface area contributed by atoms with E-state index in [1.165, 1.54) is 25.7 Å². The van der Waals surface area contributed by atoms with E-state index in [0.717, 1.165) is 12.3 Å². The van der Waals surface area contributed by atoms with Crippen LogP contribution >= 0.6 is 0 Å². The molecule has 16 heavy (non-hydrogen) atoms. The molecular weight excluding hydrogens is 206 g/mol. The van der Waals surface area contributed by atoms with Gasteiger partial charge in [-0.25, -0.2) is 4.79 Å². The van der Waals surface area contributed by atoms with Crippen molar-refractivity contribution in [2.75, 3.05) is 6.54 Å². The molecule has 2 atom stereocenters. The van der Waals surface area contributed by atoms with Crippen LogP contribution < -0.4 is 11.5 Å². The van der Waals surface area contributed by atoms with E-state index >= 15 is 0 Å². The number of hydrogen-bond donors (Lipinski definition) is 2. The van der Waals surface area contributed by atoms with Gasteiger partial charge < -0.3 is 5.73 Å². The normalized spacial score (nSPS) is 33.7. The summed E-state index contributed by atoms with van der Waals surface area (Å²) in [7, 11) is 0. The molecule has 3 rings (SSSR count). The van der Waals surface area contributed by atoms with Crippen molar-refractivity contribution < 1.29 is 4.52 Å². The molecule has 0 amide bonds. The summed E-state index contributed by atoms with van der Waals surface area (Å²) in [6, 6.07) is 0. The quantitative estimate of drug-likeness (QED) is 0.789. The zero-order chi connectivity index (χ0) is 11.2. The van der Waals surface area contributed by atoms with E-state index in [1.807, 2.05) is 0 Å². The van der Waals surface area contributed by atoms with Crippen LogP contribution in [-0.2, 0) is 5.41 Å². The van der Waals surface area contributed by atoms with Crippen molar-refractivity contribution in [1.82, 2.24) is 10.1 Å². The molecule has 5 nitrogen and oxygen atoms in total. The molecule has 2 aliphatic carbocycles. The van der Waals surface area contributed by atoms with Gasteiger partial charge in [0.2, 0.25) is 0 Å². The summed E-state index contributed by atoms with van der Waals surface area (Å²) in [5, 5.41) is 3.80. The zero-order valence-corrected chi connectivity index (χ0v) is 9.24. The number of H-pyrrole nitrogens is 1. The van der Waals surface area contributed by atoms with Crippen LogP contribution in [0.1, 0.15) is 37.9 Å². The molecular formula is C11H17N3O2. The Labute approximate surface area is 93.4 Å². The fourth-order valence-corrected chi connectivity index (χ4v) is 2.90. The first kappa shape index (κ1) is 10.1. The van der Waals surface area contributed by atoms with Crippen molar-refractivity contribution in [3.05, 3.63) is 16.4 Å². The molecule has 3 N–H and O–H groups in total. The number of nitrogens with two attached hydrogens (primary N) is 1. The van der Waals surface area contributed by atoms with E-state index < -0.39 is 5.76 Å². The highest BCUT2D eigenvalue weighted by molar-refractivity contribution is 5.22. The highest BCUT2D eigenvalue weighted by atomic mass is 16.5. The average molecular weight is 223 g/mol. The molecule has 2 fully saturated rings. The van der Waals surface area contributed by atoms with Gasteiger partial charge in [-0.05, 0) is 24.7 Å². The minimum Gasteiger partial charge on any atom is -0.329 e. The smallest absolute Gasteiger partial charge is 0.329 e. The van der Waals surface area contributed by atoms with Gasteiger partial charge in [0.05, 0.1) is 0 Å². The highest BCUT2D eigenvalue weighted by Gasteiger charge is 2.57. The molecule has 2 saturated carbocycles. The summed E-state index contributed by atoms with van der Waals surface area (Å²) in [6.45, 7) is 0.548. The summed E-state index contributed by atoms with van der Waals surface area (Å²) in [6.07, 6.45) is 6.35. The molecule has 1 heterocycles. The Morgan fingerprint density at radius 3 is 2.88 bits per heavy atom. The Morgan fingerprint density at radius 2 is 2.38 bits per heavy atom. The van der Waals surface area contributed by atoms with Gasteiger partial charge in [-0.2, -0.15) is 0 Å². The molecule has 1 aromatic heterocycles. The van der Waals surface area contributed by atoms with Crippen LogP contribution in [0.25, 0.3) is 0 Å². The molecule has 2 unspecified atom stereocenters. The number of aromatic amines is 1. The van der Waals surface area contributed by atoms with Gasteiger partial charge >= 0.3 is 5.76 Å². The molecule has 0 bridgehead atoms. The van der Waals surface area contributed by atoms with Gasteiger partial charge in [0.25, 0.3) is 0 Å². The Morgan fingerprint density at radius 1 is 1.56 bits per heavy atom. The second kappa shape index (κ2) is 3.45. The minimum atomic E-state index is -0.475. The second-order valence-corrected chi connectivity index (χ2v) is 5.24. The standard InChI is InChI=1S/C11H17N3O2/c12-6-11(9-13-10(15)16-14-9)5-8(11)4-7-2-1-3-7/h7-8H,1-6,12H2,(H,13,14,15). The monoisotopic (exact) mass is 223 g/mol. The fraction of sp³-hybridized carbons (Fsp3) is 0.818. The van der Waals surface area contributed by atoms with Crippen LogP contribution in [0, 0.1) is 11.8 Å². The van der Waals surface area contributed by atoms with E-state index in [9.17, 15) is 4.79 Å². The summed E-state index contributed by atoms with van der Waals surface area (Å²) >= 11 is 0. The first-order valence-electron chi connectivity index (χ1n) is 6.01. The topological polar surface area (TPSA) is 84.9 Å². The Kier molecular flexibility index (Phi) is 2.17. The van der Waals surface area contributed by atoms with E-state index in [1.54, 1.807) is 0 Å². The summed E-state index contributed by atoms with van der Waals surface area (Å²) in [5.41, 5.74) is 5.74. The van der Waals surface area contributed by atoms with E-state index in [2.05, 4.69) is 14.7 Å². The number of rotatable bonds is 4. The predicted octanol–water partition coefficient (Wildman–Crippen LogP) is 0.769. The van der Waals surface area contributed by atoms with Crippen LogP contribution in [0.2, 0.25) is 0 Å². The van der Waals surface area contributed by atoms with E-state index in [-0.39, 0.29) is 5.41 Å². The fourth-order valence-electron chi connectivity index (χ4n) is 2.90. The first-order valence-corrected chi connectivity index (χ1v) is 6.01. The van der Waals surface area contributed by atoms with Gasteiger partial charge in [0, 0.05) is 12.0 Å². The lowest BCUT2D eigenvalue weighted by molar-refractivity contribution is 0.272. The molecule has 0 radical (unpaired) electrons. The molecule has 2 aliphatic rings. The number of nitrogens with zero attached hydrogens (tertiary/aromatic N) is 1. The van der Waals surface area contributed by atoms with Crippen molar-refractivity contribution in [3.8, 4) is 0 Å². The largest absolute Gasteiger partial charge is 0.438 e. The molecule has 0 saturated heterocycles. The van der Waals surface area contributed by atoms with E-state index in [4.69, 9.17) is 5.73 Å². The average Bonchev–Trinajstić information content (AvgIpc) is 2.78. The number of aromatic nitrogens is 2. The second-order valence-electron chi connectivity index (χ2n) is 5.24. The Bertz CT molecular complexity index is 434.